The minimum atomic E-state index is -3.08. The molecule has 0 unspecified atom stereocenters. The van der Waals surface area contributed by atoms with E-state index in [0.29, 0.717) is 13.0 Å². The van der Waals surface area contributed by atoms with Gasteiger partial charge in [-0.25, -0.2) is 0 Å². The number of carbonyl (C=O) groups is 2. The molecular weight excluding hydrogens is 537 g/mol. The number of aromatic amines is 1. The van der Waals surface area contributed by atoms with Crippen molar-refractivity contribution in [3.63, 3.8) is 0 Å². The van der Waals surface area contributed by atoms with Gasteiger partial charge in [-0.05, 0) is 74.0 Å². The van der Waals surface area contributed by atoms with Crippen molar-refractivity contribution >= 4 is 36.8 Å². The zero-order valence-electron chi connectivity index (χ0n) is 24.2. The SMILES string of the molecule is C[C@@H]1[C@@H]([Si](C)(C)F)[C@H](CC(=O)N2CCC[C@H]2CO)O[C@@H]1CCc1ccc(NC(=O)Cc2c[nH]c3ccccc23)cc1. The van der Waals surface area contributed by atoms with Gasteiger partial charge in [-0.15, -0.1) is 0 Å². The molecular formula is C32H42FN3O4Si. The Morgan fingerprint density at radius 1 is 1.15 bits per heavy atom. The first-order valence-corrected chi connectivity index (χ1v) is 17.8. The van der Waals surface area contributed by atoms with Crippen LogP contribution in [0, 0.1) is 5.92 Å². The van der Waals surface area contributed by atoms with Crippen LogP contribution >= 0.6 is 0 Å². The quantitative estimate of drug-likeness (QED) is 0.215. The van der Waals surface area contributed by atoms with E-state index in [-0.39, 0.29) is 48.4 Å². The molecule has 9 heteroatoms. The van der Waals surface area contributed by atoms with Crippen molar-refractivity contribution in [3.05, 3.63) is 65.9 Å². The number of aryl methyl sites for hydroxylation is 1. The normalized spacial score (nSPS) is 24.7. The highest BCUT2D eigenvalue weighted by Crippen LogP contribution is 2.47. The highest BCUT2D eigenvalue weighted by Gasteiger charge is 2.52. The summed E-state index contributed by atoms with van der Waals surface area (Å²) in [6.07, 6.45) is 5.01. The molecule has 0 aliphatic carbocycles. The molecule has 2 aliphatic rings. The van der Waals surface area contributed by atoms with Crippen molar-refractivity contribution in [2.24, 2.45) is 5.92 Å². The molecule has 3 aromatic rings. The van der Waals surface area contributed by atoms with E-state index in [2.05, 4.69) is 17.2 Å². The first-order valence-electron chi connectivity index (χ1n) is 14.8. The third-order valence-electron chi connectivity index (χ3n) is 8.96. The van der Waals surface area contributed by atoms with Gasteiger partial charge >= 0.3 is 0 Å². The maximum absolute atomic E-state index is 15.5. The molecule has 0 bridgehead atoms. The zero-order chi connectivity index (χ0) is 29.1. The number of para-hydroxylation sites is 1. The molecule has 3 N–H and O–H groups in total. The highest BCUT2D eigenvalue weighted by molar-refractivity contribution is 6.72. The minimum Gasteiger partial charge on any atom is -0.394 e. The smallest absolute Gasteiger partial charge is 0.246 e. The number of aromatic nitrogens is 1. The number of amides is 2. The van der Waals surface area contributed by atoms with E-state index < -0.39 is 14.5 Å². The lowest BCUT2D eigenvalue weighted by Crippen LogP contribution is -2.42. The summed E-state index contributed by atoms with van der Waals surface area (Å²) in [5.74, 6) is -0.0840. The van der Waals surface area contributed by atoms with Gasteiger partial charge in [0.1, 0.15) is 0 Å². The summed E-state index contributed by atoms with van der Waals surface area (Å²) in [5, 5.41) is 13.7. The second-order valence-electron chi connectivity index (χ2n) is 12.3. The third-order valence-corrected chi connectivity index (χ3v) is 11.4. The summed E-state index contributed by atoms with van der Waals surface area (Å²) in [6, 6.07) is 15.7. The van der Waals surface area contributed by atoms with Gasteiger partial charge in [-0.3, -0.25) is 9.59 Å². The number of anilines is 1. The Hall–Kier alpha value is -3.01. The van der Waals surface area contributed by atoms with Crippen molar-refractivity contribution in [2.75, 3.05) is 18.5 Å². The number of aliphatic hydroxyl groups excluding tert-OH is 1. The number of H-pyrrole nitrogens is 1. The number of halogens is 1. The van der Waals surface area contributed by atoms with Crippen LogP contribution in [0.15, 0.2) is 54.7 Å². The Balaban J connectivity index is 1.15. The molecule has 2 amide bonds. The van der Waals surface area contributed by atoms with Crippen LogP contribution in [0.25, 0.3) is 10.9 Å². The number of nitrogens with one attached hydrogen (secondary N) is 2. The fraction of sp³-hybridized carbons (Fsp3) is 0.500. The van der Waals surface area contributed by atoms with Crippen molar-refractivity contribution in [2.45, 2.75) is 82.3 Å². The average molecular weight is 580 g/mol. The summed E-state index contributed by atoms with van der Waals surface area (Å²) in [6.45, 7) is 6.11. The Morgan fingerprint density at radius 3 is 2.63 bits per heavy atom. The molecule has 2 aliphatic heterocycles. The van der Waals surface area contributed by atoms with E-state index in [1.54, 1.807) is 18.0 Å². The summed E-state index contributed by atoms with van der Waals surface area (Å²) < 4.78 is 21.9. The molecule has 0 saturated carbocycles. The second-order valence-corrected chi connectivity index (χ2v) is 16.0. The standard InChI is InChI=1S/C32H42FN3O4Si/c1-21-28(40-29(32(21)41(2,3)33)18-31(39)36-16-6-7-25(36)20-37)15-12-22-10-13-24(14-11-22)35-30(38)17-23-19-34-27-9-5-4-8-26(23)27/h4-5,8-11,13-14,19,21,25,28-29,32,34,37H,6-7,12,15-18,20H2,1-3H3,(H,35,38)/t21-,25-,28+,29-,32+/m0/s1. The third kappa shape index (κ3) is 6.74. The van der Waals surface area contributed by atoms with Crippen LogP contribution in [0.5, 0.6) is 0 Å². The van der Waals surface area contributed by atoms with Crippen molar-refractivity contribution < 1.29 is 23.5 Å². The summed E-state index contributed by atoms with van der Waals surface area (Å²) >= 11 is 0. The van der Waals surface area contributed by atoms with E-state index in [9.17, 15) is 14.7 Å². The number of ether oxygens (including phenoxy) is 1. The predicted molar refractivity (Wildman–Crippen MR) is 162 cm³/mol. The van der Waals surface area contributed by atoms with Gasteiger partial charge in [-0.1, -0.05) is 37.3 Å². The van der Waals surface area contributed by atoms with Crippen LogP contribution in [0.1, 0.15) is 43.7 Å². The number of rotatable bonds is 10. The number of likely N-dealkylation sites (tertiary alicyclic amines) is 1. The van der Waals surface area contributed by atoms with Gasteiger partial charge in [0, 0.05) is 34.9 Å². The summed E-state index contributed by atoms with van der Waals surface area (Å²) in [7, 11) is -3.08. The molecule has 5 rings (SSSR count). The zero-order valence-corrected chi connectivity index (χ0v) is 25.2. The Kier molecular flexibility index (Phi) is 8.96. The molecule has 2 saturated heterocycles. The van der Waals surface area contributed by atoms with Gasteiger partial charge in [-0.2, -0.15) is 0 Å². The fourth-order valence-electron chi connectivity index (χ4n) is 6.94. The number of nitrogens with zero attached hydrogens (tertiary/aromatic N) is 1. The van der Waals surface area contributed by atoms with Crippen LogP contribution < -0.4 is 5.32 Å². The largest absolute Gasteiger partial charge is 0.394 e. The van der Waals surface area contributed by atoms with E-state index in [0.717, 1.165) is 53.4 Å². The van der Waals surface area contributed by atoms with E-state index in [4.69, 9.17) is 4.74 Å². The van der Waals surface area contributed by atoms with Crippen molar-refractivity contribution in [1.82, 2.24) is 9.88 Å². The van der Waals surface area contributed by atoms with Crippen LogP contribution in [-0.2, 0) is 27.2 Å². The number of carbonyl (C=O) groups excluding carboxylic acids is 2. The predicted octanol–water partition coefficient (Wildman–Crippen LogP) is 5.60. The summed E-state index contributed by atoms with van der Waals surface area (Å²) in [4.78, 5) is 30.7. The molecule has 3 heterocycles. The molecule has 0 radical (unpaired) electrons. The first-order chi connectivity index (χ1) is 19.6. The summed E-state index contributed by atoms with van der Waals surface area (Å²) in [5.41, 5.74) is 3.60. The van der Waals surface area contributed by atoms with Crippen molar-refractivity contribution in [1.29, 1.82) is 0 Å². The topological polar surface area (TPSA) is 94.7 Å². The van der Waals surface area contributed by atoms with E-state index in [1.165, 1.54) is 0 Å². The van der Waals surface area contributed by atoms with Crippen LogP contribution in [0.4, 0.5) is 9.80 Å². The first kappa shape index (κ1) is 29.5. The maximum Gasteiger partial charge on any atom is 0.246 e. The second kappa shape index (κ2) is 12.5. The lowest BCUT2D eigenvalue weighted by Gasteiger charge is -2.30. The molecule has 220 valence electrons. The minimum absolute atomic E-state index is 0.0229. The number of benzene rings is 2. The highest BCUT2D eigenvalue weighted by atomic mass is 28.4. The molecule has 2 fully saturated rings. The van der Waals surface area contributed by atoms with Crippen LogP contribution in [-0.4, -0.2) is 66.6 Å². The lowest BCUT2D eigenvalue weighted by atomic mass is 9.95. The molecule has 41 heavy (non-hydrogen) atoms. The number of aliphatic hydroxyl groups is 1. The Bertz CT molecular complexity index is 1350. The van der Waals surface area contributed by atoms with Gasteiger partial charge in [0.15, 0.2) is 0 Å². The van der Waals surface area contributed by atoms with Crippen molar-refractivity contribution in [3.8, 4) is 0 Å². The van der Waals surface area contributed by atoms with Gasteiger partial charge in [0.2, 0.25) is 20.2 Å². The fourth-order valence-corrected chi connectivity index (χ4v) is 9.48. The molecule has 7 nitrogen and oxygen atoms in total. The van der Waals surface area contributed by atoms with E-state index >= 15 is 4.11 Å². The lowest BCUT2D eigenvalue weighted by molar-refractivity contribution is -0.135. The van der Waals surface area contributed by atoms with Crippen LogP contribution in [0.2, 0.25) is 18.6 Å². The van der Waals surface area contributed by atoms with Gasteiger partial charge in [0.25, 0.3) is 0 Å². The Labute approximate surface area is 242 Å². The number of fused-ring (bicyclic) bond motifs is 1. The molecule has 5 atom stereocenters. The Morgan fingerprint density at radius 2 is 1.90 bits per heavy atom. The van der Waals surface area contributed by atoms with Crippen LogP contribution in [0.3, 0.4) is 0 Å². The number of hydrogen-bond donors (Lipinski definition) is 3. The monoisotopic (exact) mass is 579 g/mol. The average Bonchev–Trinajstić information content (AvgIpc) is 3.65. The maximum atomic E-state index is 15.5. The molecule has 2 aromatic carbocycles. The van der Waals surface area contributed by atoms with E-state index in [1.807, 2.05) is 54.7 Å². The van der Waals surface area contributed by atoms with Gasteiger partial charge in [0.05, 0.1) is 37.7 Å². The molecule has 0 spiro atoms. The molecule has 1 aromatic heterocycles. The van der Waals surface area contributed by atoms with Gasteiger partial charge < -0.3 is 29.2 Å². The number of hydrogen-bond acceptors (Lipinski definition) is 4.